The van der Waals surface area contributed by atoms with Crippen LogP contribution < -0.4 is 11.6 Å². The summed E-state index contributed by atoms with van der Waals surface area (Å²) < 4.78 is 11.4. The van der Waals surface area contributed by atoms with Crippen LogP contribution in [0.3, 0.4) is 0 Å². The number of hydrogen-bond acceptors (Lipinski definition) is 5. The fraction of sp³-hybridized carbons (Fsp3) is 1.00. The lowest BCUT2D eigenvalue weighted by molar-refractivity contribution is -0.0791. The SMILES string of the molecule is CC(C)(CCON)OCCC(C)(C)OCCN. The van der Waals surface area contributed by atoms with Crippen molar-refractivity contribution in [3.63, 3.8) is 0 Å². The first kappa shape index (κ1) is 16.8. The second-order valence-corrected chi connectivity index (χ2v) is 5.38. The van der Waals surface area contributed by atoms with E-state index in [1.165, 1.54) is 0 Å². The van der Waals surface area contributed by atoms with Gasteiger partial charge in [0, 0.05) is 13.0 Å². The molecule has 0 saturated carbocycles. The molecule has 17 heavy (non-hydrogen) atoms. The van der Waals surface area contributed by atoms with Crippen LogP contribution in [0.1, 0.15) is 40.5 Å². The van der Waals surface area contributed by atoms with E-state index in [1.807, 2.05) is 27.7 Å². The summed E-state index contributed by atoms with van der Waals surface area (Å²) in [5.41, 5.74) is 4.99. The molecule has 0 bridgehead atoms. The van der Waals surface area contributed by atoms with E-state index in [9.17, 15) is 0 Å². The highest BCUT2D eigenvalue weighted by molar-refractivity contribution is 4.72. The Bertz CT molecular complexity index is 176. The van der Waals surface area contributed by atoms with E-state index < -0.39 is 0 Å². The van der Waals surface area contributed by atoms with Crippen molar-refractivity contribution in [2.75, 3.05) is 26.4 Å². The Balaban J connectivity index is 3.80. The highest BCUT2D eigenvalue weighted by Gasteiger charge is 2.22. The summed E-state index contributed by atoms with van der Waals surface area (Å²) in [6, 6.07) is 0. The topological polar surface area (TPSA) is 79.7 Å². The zero-order valence-corrected chi connectivity index (χ0v) is 11.6. The third-order valence-electron chi connectivity index (χ3n) is 2.63. The lowest BCUT2D eigenvalue weighted by atomic mass is 10.0. The van der Waals surface area contributed by atoms with Gasteiger partial charge in [0.15, 0.2) is 0 Å². The monoisotopic (exact) mass is 248 g/mol. The van der Waals surface area contributed by atoms with E-state index in [2.05, 4.69) is 4.84 Å². The molecule has 0 rings (SSSR count). The van der Waals surface area contributed by atoms with Gasteiger partial charge in [0.05, 0.1) is 31.0 Å². The molecule has 0 aliphatic heterocycles. The van der Waals surface area contributed by atoms with Gasteiger partial charge >= 0.3 is 0 Å². The molecule has 0 unspecified atom stereocenters. The van der Waals surface area contributed by atoms with Gasteiger partial charge in [-0.25, -0.2) is 5.90 Å². The fourth-order valence-corrected chi connectivity index (χ4v) is 1.36. The molecule has 0 aliphatic carbocycles. The minimum atomic E-state index is -0.219. The van der Waals surface area contributed by atoms with Crippen LogP contribution in [0.5, 0.6) is 0 Å². The molecule has 0 aliphatic rings. The van der Waals surface area contributed by atoms with Gasteiger partial charge in [0.2, 0.25) is 0 Å². The first-order valence-corrected chi connectivity index (χ1v) is 6.13. The van der Waals surface area contributed by atoms with Gasteiger partial charge in [-0.3, -0.25) is 0 Å². The highest BCUT2D eigenvalue weighted by Crippen LogP contribution is 2.19. The largest absolute Gasteiger partial charge is 0.375 e. The molecule has 0 atom stereocenters. The van der Waals surface area contributed by atoms with Crippen LogP contribution in [0, 0.1) is 0 Å². The van der Waals surface area contributed by atoms with Crippen LogP contribution >= 0.6 is 0 Å². The van der Waals surface area contributed by atoms with E-state index in [0.29, 0.717) is 26.4 Å². The summed E-state index contributed by atoms with van der Waals surface area (Å²) in [4.78, 5) is 4.56. The van der Waals surface area contributed by atoms with Gasteiger partial charge in [-0.15, -0.1) is 0 Å². The maximum absolute atomic E-state index is 5.80. The molecule has 104 valence electrons. The molecule has 4 N–H and O–H groups in total. The smallest absolute Gasteiger partial charge is 0.0706 e. The van der Waals surface area contributed by atoms with Crippen molar-refractivity contribution in [2.45, 2.75) is 51.7 Å². The first-order valence-electron chi connectivity index (χ1n) is 6.13. The molecular weight excluding hydrogens is 220 g/mol. The number of nitrogens with two attached hydrogens (primary N) is 2. The quantitative estimate of drug-likeness (QED) is 0.568. The second-order valence-electron chi connectivity index (χ2n) is 5.38. The summed E-state index contributed by atoms with van der Waals surface area (Å²) >= 11 is 0. The number of rotatable bonds is 10. The summed E-state index contributed by atoms with van der Waals surface area (Å²) in [7, 11) is 0. The van der Waals surface area contributed by atoms with E-state index in [-0.39, 0.29) is 11.2 Å². The molecule has 0 radical (unpaired) electrons. The highest BCUT2D eigenvalue weighted by atomic mass is 16.6. The van der Waals surface area contributed by atoms with E-state index in [1.54, 1.807) is 0 Å². The van der Waals surface area contributed by atoms with Gasteiger partial charge in [0.25, 0.3) is 0 Å². The Labute approximate surface area is 105 Å². The molecule has 0 heterocycles. The van der Waals surface area contributed by atoms with Gasteiger partial charge in [-0.1, -0.05) is 0 Å². The summed E-state index contributed by atoms with van der Waals surface area (Å²) in [5, 5.41) is 0. The molecule has 0 fully saturated rings. The van der Waals surface area contributed by atoms with E-state index in [0.717, 1.165) is 12.8 Å². The standard InChI is InChI=1S/C12H28N2O3/c1-11(2,16-10-7-13)5-8-15-12(3,4)6-9-17-14/h5-10,13-14H2,1-4H3. The van der Waals surface area contributed by atoms with Gasteiger partial charge in [0.1, 0.15) is 0 Å². The van der Waals surface area contributed by atoms with Crippen LogP contribution in [-0.4, -0.2) is 37.6 Å². The molecule has 0 spiro atoms. The van der Waals surface area contributed by atoms with Crippen molar-refractivity contribution in [1.29, 1.82) is 0 Å². The minimum Gasteiger partial charge on any atom is -0.375 e. The third-order valence-corrected chi connectivity index (χ3v) is 2.63. The maximum atomic E-state index is 5.80. The Morgan fingerprint density at radius 2 is 1.29 bits per heavy atom. The third kappa shape index (κ3) is 9.50. The molecule has 0 aromatic rings. The normalized spacial score (nSPS) is 13.1. The Hall–Kier alpha value is -0.200. The van der Waals surface area contributed by atoms with Crippen LogP contribution in [0.15, 0.2) is 0 Å². The predicted molar refractivity (Wildman–Crippen MR) is 68.5 cm³/mol. The van der Waals surface area contributed by atoms with Crippen LogP contribution in [0.25, 0.3) is 0 Å². The fourth-order valence-electron chi connectivity index (χ4n) is 1.36. The van der Waals surface area contributed by atoms with Gasteiger partial charge in [-0.2, -0.15) is 0 Å². The molecule has 5 nitrogen and oxygen atoms in total. The zero-order valence-electron chi connectivity index (χ0n) is 11.6. The zero-order chi connectivity index (χ0) is 13.4. The average Bonchev–Trinajstić information content (AvgIpc) is 2.23. The van der Waals surface area contributed by atoms with Gasteiger partial charge < -0.3 is 20.0 Å². The first-order chi connectivity index (χ1) is 7.83. The summed E-state index contributed by atoms with van der Waals surface area (Å²) in [6.07, 6.45) is 1.60. The number of ether oxygens (including phenoxy) is 2. The lowest BCUT2D eigenvalue weighted by Crippen LogP contribution is -2.33. The Kier molecular flexibility index (Phi) is 7.91. The van der Waals surface area contributed by atoms with Crippen LogP contribution in [0.4, 0.5) is 0 Å². The molecule has 0 amide bonds. The molecule has 0 aromatic carbocycles. The van der Waals surface area contributed by atoms with E-state index >= 15 is 0 Å². The van der Waals surface area contributed by atoms with Crippen molar-refractivity contribution in [3.05, 3.63) is 0 Å². The van der Waals surface area contributed by atoms with Crippen LogP contribution in [0.2, 0.25) is 0 Å². The van der Waals surface area contributed by atoms with Crippen molar-refractivity contribution < 1.29 is 14.3 Å². The van der Waals surface area contributed by atoms with Crippen molar-refractivity contribution >= 4 is 0 Å². The van der Waals surface area contributed by atoms with Crippen molar-refractivity contribution in [3.8, 4) is 0 Å². The number of hydrogen-bond donors (Lipinski definition) is 2. The van der Waals surface area contributed by atoms with Crippen molar-refractivity contribution in [1.82, 2.24) is 0 Å². The second kappa shape index (κ2) is 8.00. The minimum absolute atomic E-state index is 0.195. The molecule has 5 heteroatoms. The predicted octanol–water partition coefficient (Wildman–Crippen LogP) is 1.21. The molecule has 0 saturated heterocycles. The lowest BCUT2D eigenvalue weighted by Gasteiger charge is -2.29. The maximum Gasteiger partial charge on any atom is 0.0706 e. The van der Waals surface area contributed by atoms with Crippen molar-refractivity contribution in [2.24, 2.45) is 11.6 Å². The average molecular weight is 248 g/mol. The van der Waals surface area contributed by atoms with Crippen LogP contribution in [-0.2, 0) is 14.3 Å². The van der Waals surface area contributed by atoms with E-state index in [4.69, 9.17) is 21.1 Å². The Morgan fingerprint density at radius 3 is 1.76 bits per heavy atom. The van der Waals surface area contributed by atoms with Gasteiger partial charge in [-0.05, 0) is 34.1 Å². The molecular formula is C12H28N2O3. The summed E-state index contributed by atoms with van der Waals surface area (Å²) in [6.45, 7) is 10.4. The Morgan fingerprint density at radius 1 is 0.824 bits per heavy atom. The molecule has 0 aromatic heterocycles. The summed E-state index contributed by atoms with van der Waals surface area (Å²) in [5.74, 6) is 5.00.